The first-order chi connectivity index (χ1) is 8.81. The van der Waals surface area contributed by atoms with E-state index < -0.39 is 0 Å². The maximum Gasteiger partial charge on any atom is 0.0647 e. The van der Waals surface area contributed by atoms with Crippen molar-refractivity contribution >= 4 is 11.8 Å². The topological polar surface area (TPSA) is 12.0 Å². The summed E-state index contributed by atoms with van der Waals surface area (Å²) in [6.45, 7) is 2.37. The Kier molecular flexibility index (Phi) is 6.37. The van der Waals surface area contributed by atoms with E-state index >= 15 is 0 Å². The minimum absolute atomic E-state index is 0.441. The number of hydrogen-bond acceptors (Lipinski definition) is 2. The first-order valence-corrected chi connectivity index (χ1v) is 9.21. The van der Waals surface area contributed by atoms with Gasteiger partial charge >= 0.3 is 0 Å². The molecule has 106 valence electrons. The molecule has 1 heterocycles. The Bertz CT molecular complexity index is 217. The molecule has 0 radical (unpaired) electrons. The molecule has 2 fully saturated rings. The van der Waals surface area contributed by atoms with E-state index in [2.05, 4.69) is 24.0 Å². The van der Waals surface area contributed by atoms with Gasteiger partial charge in [-0.3, -0.25) is 0 Å². The van der Waals surface area contributed by atoms with E-state index in [0.29, 0.717) is 4.87 Å². The minimum atomic E-state index is 0.441. The van der Waals surface area contributed by atoms with Crippen LogP contribution in [0.15, 0.2) is 0 Å². The smallest absolute Gasteiger partial charge is 0.0647 e. The monoisotopic (exact) mass is 269 g/mol. The van der Waals surface area contributed by atoms with Crippen molar-refractivity contribution in [2.24, 2.45) is 0 Å². The lowest BCUT2D eigenvalue weighted by atomic mass is 9.96. The fourth-order valence-corrected chi connectivity index (χ4v) is 5.19. The average molecular weight is 269 g/mol. The van der Waals surface area contributed by atoms with Crippen molar-refractivity contribution in [2.75, 3.05) is 5.75 Å². The first kappa shape index (κ1) is 14.7. The average Bonchev–Trinajstić information content (AvgIpc) is 2.34. The molecule has 0 amide bonds. The van der Waals surface area contributed by atoms with Crippen LogP contribution in [0.5, 0.6) is 0 Å². The van der Waals surface area contributed by atoms with Crippen LogP contribution in [-0.2, 0) is 0 Å². The van der Waals surface area contributed by atoms with Gasteiger partial charge in [0.2, 0.25) is 0 Å². The lowest BCUT2D eigenvalue weighted by Crippen LogP contribution is -2.50. The Labute approximate surface area is 118 Å². The molecule has 1 N–H and O–H groups in total. The highest BCUT2D eigenvalue weighted by Crippen LogP contribution is 2.38. The Morgan fingerprint density at radius 3 is 1.83 bits per heavy atom. The minimum Gasteiger partial charge on any atom is -0.300 e. The molecule has 1 unspecified atom stereocenters. The zero-order valence-corrected chi connectivity index (χ0v) is 13.0. The molecule has 1 spiro atoms. The van der Waals surface area contributed by atoms with Crippen molar-refractivity contribution in [3.63, 3.8) is 0 Å². The second-order valence-corrected chi connectivity index (χ2v) is 7.84. The van der Waals surface area contributed by atoms with Gasteiger partial charge in [0.05, 0.1) is 4.87 Å². The van der Waals surface area contributed by atoms with Gasteiger partial charge in [0.25, 0.3) is 0 Å². The molecule has 0 aromatic carbocycles. The van der Waals surface area contributed by atoms with E-state index in [0.717, 1.165) is 6.04 Å². The molecule has 1 aliphatic heterocycles. The molecule has 2 heteroatoms. The molecule has 0 aromatic rings. The molecule has 1 saturated heterocycles. The van der Waals surface area contributed by atoms with Crippen molar-refractivity contribution in [2.45, 2.75) is 94.9 Å². The van der Waals surface area contributed by atoms with E-state index in [9.17, 15) is 0 Å². The third-order valence-electron chi connectivity index (χ3n) is 4.60. The van der Waals surface area contributed by atoms with Crippen LogP contribution >= 0.6 is 11.8 Å². The zero-order valence-electron chi connectivity index (χ0n) is 12.2. The molecule has 1 aliphatic carbocycles. The van der Waals surface area contributed by atoms with Gasteiger partial charge in [-0.1, -0.05) is 57.8 Å². The first-order valence-electron chi connectivity index (χ1n) is 8.22. The standard InChI is InChI=1S/C16H31NS/c1-15-11-14-18-16(17-15)12-9-7-5-3-2-4-6-8-10-13-16/h15,17H,2-14H2,1H3. The van der Waals surface area contributed by atoms with Crippen LogP contribution < -0.4 is 5.32 Å². The maximum absolute atomic E-state index is 3.95. The summed E-state index contributed by atoms with van der Waals surface area (Å²) in [5, 5.41) is 3.95. The Hall–Kier alpha value is 0.310. The van der Waals surface area contributed by atoms with Crippen molar-refractivity contribution in [1.29, 1.82) is 0 Å². The fraction of sp³-hybridized carbons (Fsp3) is 1.00. The second kappa shape index (κ2) is 7.79. The van der Waals surface area contributed by atoms with E-state index in [4.69, 9.17) is 0 Å². The van der Waals surface area contributed by atoms with Gasteiger partial charge in [-0.25, -0.2) is 0 Å². The molecule has 1 saturated carbocycles. The summed E-state index contributed by atoms with van der Waals surface area (Å²) in [7, 11) is 0. The summed E-state index contributed by atoms with van der Waals surface area (Å²) in [5.41, 5.74) is 0. The molecule has 1 atom stereocenters. The number of nitrogens with one attached hydrogen (secondary N) is 1. The molecule has 2 rings (SSSR count). The summed E-state index contributed by atoms with van der Waals surface area (Å²) in [5.74, 6) is 1.37. The normalized spacial score (nSPS) is 31.5. The van der Waals surface area contributed by atoms with Crippen LogP contribution in [0.1, 0.15) is 84.0 Å². The molecule has 2 aliphatic rings. The van der Waals surface area contributed by atoms with E-state index in [1.165, 1.54) is 82.8 Å². The summed E-state index contributed by atoms with van der Waals surface area (Å²) >= 11 is 2.23. The highest BCUT2D eigenvalue weighted by molar-refractivity contribution is 8.00. The summed E-state index contributed by atoms with van der Waals surface area (Å²) in [6, 6.07) is 0.735. The highest BCUT2D eigenvalue weighted by atomic mass is 32.2. The SMILES string of the molecule is CC1CCSC2(CCCCCCCCCCC2)N1. The predicted molar refractivity (Wildman–Crippen MR) is 83.2 cm³/mol. The van der Waals surface area contributed by atoms with Gasteiger partial charge in [-0.15, -0.1) is 11.8 Å². The molecule has 0 aromatic heterocycles. The van der Waals surface area contributed by atoms with Crippen LogP contribution in [0.25, 0.3) is 0 Å². The fourth-order valence-electron chi connectivity index (χ4n) is 3.47. The van der Waals surface area contributed by atoms with E-state index in [-0.39, 0.29) is 0 Å². The van der Waals surface area contributed by atoms with Crippen LogP contribution in [0, 0.1) is 0 Å². The molecular weight excluding hydrogens is 238 g/mol. The lowest BCUT2D eigenvalue weighted by Gasteiger charge is -2.41. The van der Waals surface area contributed by atoms with E-state index in [1.807, 2.05) is 0 Å². The van der Waals surface area contributed by atoms with Crippen LogP contribution in [0.3, 0.4) is 0 Å². The van der Waals surface area contributed by atoms with Gasteiger partial charge < -0.3 is 5.32 Å². The molecule has 0 bridgehead atoms. The summed E-state index contributed by atoms with van der Waals surface area (Å²) < 4.78 is 0. The van der Waals surface area contributed by atoms with E-state index in [1.54, 1.807) is 0 Å². The van der Waals surface area contributed by atoms with Gasteiger partial charge in [-0.2, -0.15) is 0 Å². The summed E-state index contributed by atoms with van der Waals surface area (Å²) in [6.07, 6.45) is 17.3. The number of rotatable bonds is 0. The lowest BCUT2D eigenvalue weighted by molar-refractivity contribution is 0.324. The van der Waals surface area contributed by atoms with Crippen molar-refractivity contribution in [1.82, 2.24) is 5.32 Å². The molecule has 18 heavy (non-hydrogen) atoms. The van der Waals surface area contributed by atoms with Crippen molar-refractivity contribution in [3.05, 3.63) is 0 Å². The molecule has 1 nitrogen and oxygen atoms in total. The second-order valence-electron chi connectivity index (χ2n) is 6.36. The third kappa shape index (κ3) is 4.77. The number of hydrogen-bond donors (Lipinski definition) is 1. The Balaban J connectivity index is 1.87. The van der Waals surface area contributed by atoms with Crippen LogP contribution in [-0.4, -0.2) is 16.7 Å². The van der Waals surface area contributed by atoms with Gasteiger partial charge in [0, 0.05) is 6.04 Å². The highest BCUT2D eigenvalue weighted by Gasteiger charge is 2.33. The van der Waals surface area contributed by atoms with Crippen molar-refractivity contribution in [3.8, 4) is 0 Å². The van der Waals surface area contributed by atoms with Crippen molar-refractivity contribution < 1.29 is 0 Å². The molecular formula is C16H31NS. The third-order valence-corrected chi connectivity index (χ3v) is 6.12. The maximum atomic E-state index is 3.95. The quantitative estimate of drug-likeness (QED) is 0.656. The Morgan fingerprint density at radius 1 is 0.833 bits per heavy atom. The zero-order chi connectivity index (χ0) is 12.7. The predicted octanol–water partition coefficient (Wildman–Crippen LogP) is 5.10. The Morgan fingerprint density at radius 2 is 1.33 bits per heavy atom. The number of thioether (sulfide) groups is 1. The van der Waals surface area contributed by atoms with Gasteiger partial charge in [0.15, 0.2) is 0 Å². The van der Waals surface area contributed by atoms with Crippen LogP contribution in [0.4, 0.5) is 0 Å². The van der Waals surface area contributed by atoms with Gasteiger partial charge in [-0.05, 0) is 31.9 Å². The van der Waals surface area contributed by atoms with Crippen LogP contribution in [0.2, 0.25) is 0 Å². The van der Waals surface area contributed by atoms with Gasteiger partial charge in [0.1, 0.15) is 0 Å². The summed E-state index contributed by atoms with van der Waals surface area (Å²) in [4.78, 5) is 0.441. The largest absolute Gasteiger partial charge is 0.300 e.